The van der Waals surface area contributed by atoms with E-state index in [1.807, 2.05) is 0 Å². The first-order valence-electron chi connectivity index (χ1n) is 5.32. The Bertz CT molecular complexity index is 611. The lowest BCUT2D eigenvalue weighted by Crippen LogP contribution is -2.11. The van der Waals surface area contributed by atoms with Gasteiger partial charge in [-0.05, 0) is 18.2 Å². The first kappa shape index (κ1) is 14.3. The number of carboxylic acid groups (broad SMARTS) is 1. The smallest absolute Gasteiger partial charge is 0.419 e. The van der Waals surface area contributed by atoms with Crippen LogP contribution in [0.2, 0.25) is 0 Å². The lowest BCUT2D eigenvalue weighted by Gasteiger charge is -2.14. The van der Waals surface area contributed by atoms with E-state index in [0.717, 1.165) is 12.1 Å². The normalized spacial score (nSPS) is 11.3. The molecule has 0 amide bonds. The molecule has 0 radical (unpaired) electrons. The molecule has 0 atom stereocenters. The van der Waals surface area contributed by atoms with E-state index >= 15 is 0 Å². The van der Waals surface area contributed by atoms with Crippen molar-refractivity contribution in [1.82, 2.24) is 4.98 Å². The van der Waals surface area contributed by atoms with E-state index in [9.17, 15) is 18.0 Å². The molecule has 0 fully saturated rings. The average molecular weight is 303 g/mol. The highest BCUT2D eigenvalue weighted by Gasteiger charge is 2.35. The Morgan fingerprint density at radius 2 is 2.15 bits per heavy atom. The quantitative estimate of drug-likeness (QED) is 0.940. The molecule has 106 valence electrons. The standard InChI is InChI=1S/C12H8F3NO3S/c13-12(14,15)9-3-7(11(17)18)1-2-10(9)19-4-8-5-20-6-16-8/h1-3,5-6H,4H2,(H,17,18). The van der Waals surface area contributed by atoms with Crippen molar-refractivity contribution in [3.05, 3.63) is 45.9 Å². The molecule has 2 rings (SSSR count). The van der Waals surface area contributed by atoms with Crippen molar-refractivity contribution in [2.75, 3.05) is 0 Å². The van der Waals surface area contributed by atoms with E-state index in [1.54, 1.807) is 5.38 Å². The summed E-state index contributed by atoms with van der Waals surface area (Å²) in [6, 6.07) is 2.62. The minimum Gasteiger partial charge on any atom is -0.487 e. The Hall–Kier alpha value is -2.09. The summed E-state index contributed by atoms with van der Waals surface area (Å²) in [5.74, 6) is -1.85. The first-order valence-corrected chi connectivity index (χ1v) is 6.26. The van der Waals surface area contributed by atoms with Crippen molar-refractivity contribution in [3.63, 3.8) is 0 Å². The van der Waals surface area contributed by atoms with Crippen molar-refractivity contribution in [1.29, 1.82) is 0 Å². The number of rotatable bonds is 4. The number of aromatic nitrogens is 1. The third-order valence-corrected chi connectivity index (χ3v) is 3.03. The maximum Gasteiger partial charge on any atom is 0.419 e. The molecule has 1 N–H and O–H groups in total. The molecular weight excluding hydrogens is 295 g/mol. The molecule has 4 nitrogen and oxygen atoms in total. The van der Waals surface area contributed by atoms with Crippen LogP contribution in [0.5, 0.6) is 5.75 Å². The first-order chi connectivity index (χ1) is 9.38. The van der Waals surface area contributed by atoms with E-state index in [0.29, 0.717) is 11.8 Å². The summed E-state index contributed by atoms with van der Waals surface area (Å²) in [6.45, 7) is -0.112. The predicted octanol–water partition coefficient (Wildman–Crippen LogP) is 3.44. The number of alkyl halides is 3. The molecule has 2 aromatic rings. The van der Waals surface area contributed by atoms with Crippen LogP contribution < -0.4 is 4.74 Å². The minimum absolute atomic E-state index is 0.112. The Balaban J connectivity index is 2.29. The largest absolute Gasteiger partial charge is 0.487 e. The number of hydrogen-bond donors (Lipinski definition) is 1. The second-order valence-electron chi connectivity index (χ2n) is 3.78. The summed E-state index contributed by atoms with van der Waals surface area (Å²) < 4.78 is 43.7. The van der Waals surface area contributed by atoms with Gasteiger partial charge in [-0.15, -0.1) is 11.3 Å². The zero-order valence-corrected chi connectivity index (χ0v) is 10.7. The average Bonchev–Trinajstić information content (AvgIpc) is 2.88. The molecule has 0 aliphatic carbocycles. The summed E-state index contributed by atoms with van der Waals surface area (Å²) in [7, 11) is 0. The van der Waals surface area contributed by atoms with Crippen LogP contribution in [0, 0.1) is 0 Å². The molecule has 0 aliphatic rings. The van der Waals surface area contributed by atoms with E-state index in [4.69, 9.17) is 9.84 Å². The minimum atomic E-state index is -4.69. The molecule has 1 heterocycles. The van der Waals surface area contributed by atoms with Gasteiger partial charge in [-0.25, -0.2) is 9.78 Å². The highest BCUT2D eigenvalue weighted by Crippen LogP contribution is 2.37. The highest BCUT2D eigenvalue weighted by molar-refractivity contribution is 7.07. The SMILES string of the molecule is O=C(O)c1ccc(OCc2cscn2)c(C(F)(F)F)c1. The molecule has 20 heavy (non-hydrogen) atoms. The molecule has 0 aliphatic heterocycles. The van der Waals surface area contributed by atoms with Crippen LogP contribution in [-0.2, 0) is 12.8 Å². The maximum atomic E-state index is 12.9. The van der Waals surface area contributed by atoms with Crippen LogP contribution in [-0.4, -0.2) is 16.1 Å². The second-order valence-corrected chi connectivity index (χ2v) is 4.50. The van der Waals surface area contributed by atoms with Gasteiger partial charge < -0.3 is 9.84 Å². The Morgan fingerprint density at radius 1 is 1.40 bits per heavy atom. The van der Waals surface area contributed by atoms with Gasteiger partial charge in [0.2, 0.25) is 0 Å². The van der Waals surface area contributed by atoms with Crippen LogP contribution in [0.25, 0.3) is 0 Å². The summed E-state index contributed by atoms with van der Waals surface area (Å²) in [5, 5.41) is 10.4. The summed E-state index contributed by atoms with van der Waals surface area (Å²) in [5.41, 5.74) is 0.480. The fraction of sp³-hybridized carbons (Fsp3) is 0.167. The van der Waals surface area contributed by atoms with Crippen LogP contribution in [0.3, 0.4) is 0 Å². The number of carbonyl (C=O) groups is 1. The lowest BCUT2D eigenvalue weighted by molar-refractivity contribution is -0.139. The van der Waals surface area contributed by atoms with Gasteiger partial charge in [-0.1, -0.05) is 0 Å². The molecular formula is C12H8F3NO3S. The van der Waals surface area contributed by atoms with Gasteiger partial charge >= 0.3 is 12.1 Å². The van der Waals surface area contributed by atoms with Crippen molar-refractivity contribution < 1.29 is 27.8 Å². The van der Waals surface area contributed by atoms with Gasteiger partial charge in [0, 0.05) is 5.38 Å². The molecule has 1 aromatic carbocycles. The number of carboxylic acids is 1. The summed E-state index contributed by atoms with van der Waals surface area (Å²) >= 11 is 1.30. The second kappa shape index (κ2) is 5.49. The molecule has 1 aromatic heterocycles. The zero-order valence-electron chi connectivity index (χ0n) is 9.85. The van der Waals surface area contributed by atoms with Crippen molar-refractivity contribution >= 4 is 17.3 Å². The van der Waals surface area contributed by atoms with E-state index < -0.39 is 29.0 Å². The van der Waals surface area contributed by atoms with Gasteiger partial charge in [0.25, 0.3) is 0 Å². The van der Waals surface area contributed by atoms with Gasteiger partial charge in [0.1, 0.15) is 12.4 Å². The zero-order chi connectivity index (χ0) is 14.8. The van der Waals surface area contributed by atoms with Gasteiger partial charge in [0.05, 0.1) is 22.3 Å². The number of benzene rings is 1. The fourth-order valence-corrected chi connectivity index (χ4v) is 2.01. The number of thiazole rings is 1. The number of aromatic carboxylic acids is 1. The van der Waals surface area contributed by atoms with Crippen molar-refractivity contribution in [3.8, 4) is 5.75 Å². The predicted molar refractivity (Wildman–Crippen MR) is 64.8 cm³/mol. The number of halogens is 3. The van der Waals surface area contributed by atoms with E-state index in [2.05, 4.69) is 4.98 Å². The van der Waals surface area contributed by atoms with Gasteiger partial charge in [-0.3, -0.25) is 0 Å². The third-order valence-electron chi connectivity index (χ3n) is 2.39. The summed E-state index contributed by atoms with van der Waals surface area (Å²) in [4.78, 5) is 14.6. The molecule has 0 saturated heterocycles. The molecule has 0 spiro atoms. The topological polar surface area (TPSA) is 59.4 Å². The Labute approximate surface area is 115 Å². The maximum absolute atomic E-state index is 12.9. The lowest BCUT2D eigenvalue weighted by atomic mass is 10.1. The molecule has 8 heteroatoms. The Morgan fingerprint density at radius 3 is 2.70 bits per heavy atom. The fourth-order valence-electron chi connectivity index (χ4n) is 1.47. The molecule has 0 unspecified atom stereocenters. The van der Waals surface area contributed by atoms with E-state index in [-0.39, 0.29) is 6.61 Å². The van der Waals surface area contributed by atoms with Crippen LogP contribution >= 0.6 is 11.3 Å². The third kappa shape index (κ3) is 3.27. The van der Waals surface area contributed by atoms with E-state index in [1.165, 1.54) is 16.8 Å². The molecule has 0 saturated carbocycles. The van der Waals surface area contributed by atoms with Crippen LogP contribution in [0.4, 0.5) is 13.2 Å². The van der Waals surface area contributed by atoms with Gasteiger partial charge in [-0.2, -0.15) is 13.2 Å². The van der Waals surface area contributed by atoms with Gasteiger partial charge in [0.15, 0.2) is 0 Å². The highest BCUT2D eigenvalue weighted by atomic mass is 32.1. The summed E-state index contributed by atoms with van der Waals surface area (Å²) in [6.07, 6.45) is -4.69. The number of ether oxygens (including phenoxy) is 1. The number of hydrogen-bond acceptors (Lipinski definition) is 4. The van der Waals surface area contributed by atoms with Crippen molar-refractivity contribution in [2.24, 2.45) is 0 Å². The monoisotopic (exact) mass is 303 g/mol. The van der Waals surface area contributed by atoms with Crippen molar-refractivity contribution in [2.45, 2.75) is 12.8 Å². The van der Waals surface area contributed by atoms with Crippen LogP contribution in [0.15, 0.2) is 29.1 Å². The number of nitrogens with zero attached hydrogens (tertiary/aromatic N) is 1. The Kier molecular flexibility index (Phi) is 3.93. The van der Waals surface area contributed by atoms with Crippen LogP contribution in [0.1, 0.15) is 21.6 Å². The molecule has 0 bridgehead atoms.